The molecule has 0 fully saturated rings. The summed E-state index contributed by atoms with van der Waals surface area (Å²) in [6.07, 6.45) is 2.15. The van der Waals surface area contributed by atoms with Gasteiger partial charge in [-0.15, -0.1) is 11.3 Å². The number of aromatic nitrogens is 3. The van der Waals surface area contributed by atoms with Crippen LogP contribution in [-0.2, 0) is 11.3 Å². The third-order valence-electron chi connectivity index (χ3n) is 5.30. The highest BCUT2D eigenvalue weighted by Gasteiger charge is 2.30. The lowest BCUT2D eigenvalue weighted by Crippen LogP contribution is -2.46. The van der Waals surface area contributed by atoms with Crippen molar-refractivity contribution >= 4 is 39.2 Å². The zero-order chi connectivity index (χ0) is 20.7. The number of rotatable bonds is 3. The first-order chi connectivity index (χ1) is 14.6. The lowest BCUT2D eigenvalue weighted by atomic mass is 10.1. The number of amides is 2. The van der Waals surface area contributed by atoms with Gasteiger partial charge in [-0.2, -0.15) is 5.10 Å². The highest BCUT2D eigenvalue weighted by atomic mass is 32.1. The van der Waals surface area contributed by atoms with E-state index in [2.05, 4.69) is 15.4 Å². The van der Waals surface area contributed by atoms with E-state index in [1.54, 1.807) is 24.0 Å². The molecular weight excluding hydrogens is 398 g/mol. The summed E-state index contributed by atoms with van der Waals surface area (Å²) in [5.74, 6) is 0.236. The molecule has 0 saturated carbocycles. The van der Waals surface area contributed by atoms with Crippen LogP contribution in [0.3, 0.4) is 0 Å². The maximum Gasteiger partial charge on any atom is 0.280 e. The SMILES string of the molecule is CN1C(=O)C(NC(=O)c2nc3cccc(-c4ccccc4)c3s2)CCn2nccc21. The number of carbonyl (C=O) groups is 2. The number of benzene rings is 2. The number of fused-ring (bicyclic) bond motifs is 2. The molecule has 1 unspecified atom stereocenters. The molecular formula is C22H19N5O2S. The zero-order valence-corrected chi connectivity index (χ0v) is 17.1. The molecule has 2 aromatic carbocycles. The van der Waals surface area contributed by atoms with Gasteiger partial charge in [-0.25, -0.2) is 9.67 Å². The second kappa shape index (κ2) is 7.38. The quantitative estimate of drug-likeness (QED) is 0.555. The molecule has 1 N–H and O–H groups in total. The van der Waals surface area contributed by atoms with Crippen LogP contribution >= 0.6 is 11.3 Å². The number of likely N-dealkylation sites (N-methyl/N-ethyl adjacent to an activating group) is 1. The molecule has 150 valence electrons. The number of aryl methyl sites for hydroxylation is 1. The van der Waals surface area contributed by atoms with Crippen LogP contribution in [0.2, 0.25) is 0 Å². The van der Waals surface area contributed by atoms with E-state index in [1.165, 1.54) is 16.2 Å². The van der Waals surface area contributed by atoms with Gasteiger partial charge in [0.2, 0.25) is 0 Å². The molecule has 2 amide bonds. The number of thiazole rings is 1. The van der Waals surface area contributed by atoms with Crippen LogP contribution in [0.25, 0.3) is 21.3 Å². The predicted molar refractivity (Wildman–Crippen MR) is 117 cm³/mol. The summed E-state index contributed by atoms with van der Waals surface area (Å²) < 4.78 is 2.73. The summed E-state index contributed by atoms with van der Waals surface area (Å²) in [6.45, 7) is 0.557. The molecule has 0 bridgehead atoms. The number of nitrogens with zero attached hydrogens (tertiary/aromatic N) is 4. The second-order valence-corrected chi connectivity index (χ2v) is 8.16. The molecule has 2 aromatic heterocycles. The Morgan fingerprint density at radius 2 is 1.97 bits per heavy atom. The van der Waals surface area contributed by atoms with E-state index in [4.69, 9.17) is 0 Å². The van der Waals surface area contributed by atoms with Gasteiger partial charge in [-0.3, -0.25) is 14.5 Å². The van der Waals surface area contributed by atoms with Crippen LogP contribution < -0.4 is 10.2 Å². The van der Waals surface area contributed by atoms with Gasteiger partial charge in [0, 0.05) is 25.2 Å². The van der Waals surface area contributed by atoms with Gasteiger partial charge < -0.3 is 5.32 Å². The van der Waals surface area contributed by atoms with Crippen LogP contribution in [0.4, 0.5) is 5.82 Å². The fourth-order valence-corrected chi connectivity index (χ4v) is 4.75. The van der Waals surface area contributed by atoms with Crippen molar-refractivity contribution < 1.29 is 9.59 Å². The fraction of sp³-hybridized carbons (Fsp3) is 0.182. The van der Waals surface area contributed by atoms with E-state index in [1.807, 2.05) is 48.5 Å². The summed E-state index contributed by atoms with van der Waals surface area (Å²) in [7, 11) is 1.70. The van der Waals surface area contributed by atoms with Crippen molar-refractivity contribution in [2.45, 2.75) is 19.0 Å². The fourth-order valence-electron chi connectivity index (χ4n) is 3.75. The molecule has 8 heteroatoms. The van der Waals surface area contributed by atoms with E-state index < -0.39 is 6.04 Å². The third-order valence-corrected chi connectivity index (χ3v) is 6.40. The molecule has 0 aliphatic carbocycles. The molecule has 5 rings (SSSR count). The zero-order valence-electron chi connectivity index (χ0n) is 16.3. The number of anilines is 1. The monoisotopic (exact) mass is 417 g/mol. The first kappa shape index (κ1) is 18.5. The van der Waals surface area contributed by atoms with Crippen molar-refractivity contribution in [2.75, 3.05) is 11.9 Å². The van der Waals surface area contributed by atoms with E-state index in [0.717, 1.165) is 27.2 Å². The maximum absolute atomic E-state index is 12.9. The summed E-state index contributed by atoms with van der Waals surface area (Å²) >= 11 is 1.35. The van der Waals surface area contributed by atoms with E-state index >= 15 is 0 Å². The summed E-state index contributed by atoms with van der Waals surface area (Å²) in [6, 6.07) is 17.1. The van der Waals surface area contributed by atoms with Crippen LogP contribution in [0.5, 0.6) is 0 Å². The van der Waals surface area contributed by atoms with Gasteiger partial charge in [0.15, 0.2) is 5.01 Å². The highest BCUT2D eigenvalue weighted by molar-refractivity contribution is 7.20. The Labute approximate surface area is 177 Å². The first-order valence-corrected chi connectivity index (χ1v) is 10.5. The Balaban J connectivity index is 1.42. The molecule has 1 atom stereocenters. The number of hydrogen-bond donors (Lipinski definition) is 1. The minimum Gasteiger partial charge on any atom is -0.338 e. The minimum absolute atomic E-state index is 0.159. The van der Waals surface area contributed by atoms with Gasteiger partial charge in [0.25, 0.3) is 11.8 Å². The Bertz CT molecular complexity index is 1250. The largest absolute Gasteiger partial charge is 0.338 e. The van der Waals surface area contributed by atoms with Gasteiger partial charge >= 0.3 is 0 Å². The first-order valence-electron chi connectivity index (χ1n) is 9.67. The van der Waals surface area contributed by atoms with E-state index in [0.29, 0.717) is 18.0 Å². The van der Waals surface area contributed by atoms with Crippen LogP contribution in [0, 0.1) is 0 Å². The van der Waals surface area contributed by atoms with Gasteiger partial charge in [0.05, 0.1) is 16.4 Å². The van der Waals surface area contributed by atoms with Crippen molar-refractivity contribution in [3.8, 4) is 11.1 Å². The predicted octanol–water partition coefficient (Wildman–Crippen LogP) is 3.32. The van der Waals surface area contributed by atoms with Crippen molar-refractivity contribution in [3.05, 3.63) is 65.8 Å². The third kappa shape index (κ3) is 3.15. The van der Waals surface area contributed by atoms with Crippen LogP contribution in [0.15, 0.2) is 60.8 Å². The molecule has 1 aliphatic heterocycles. The van der Waals surface area contributed by atoms with Crippen molar-refractivity contribution in [2.24, 2.45) is 0 Å². The summed E-state index contributed by atoms with van der Waals surface area (Å²) in [5, 5.41) is 7.47. The van der Waals surface area contributed by atoms with E-state index in [9.17, 15) is 9.59 Å². The van der Waals surface area contributed by atoms with Crippen molar-refractivity contribution in [3.63, 3.8) is 0 Å². The Morgan fingerprint density at radius 1 is 1.13 bits per heavy atom. The summed E-state index contributed by atoms with van der Waals surface area (Å²) in [5.41, 5.74) is 2.89. The summed E-state index contributed by atoms with van der Waals surface area (Å²) in [4.78, 5) is 31.9. The van der Waals surface area contributed by atoms with Gasteiger partial charge in [-0.05, 0) is 18.1 Å². The average molecular weight is 417 g/mol. The van der Waals surface area contributed by atoms with Gasteiger partial charge in [0.1, 0.15) is 11.9 Å². The lowest BCUT2D eigenvalue weighted by molar-refractivity contribution is -0.120. The Morgan fingerprint density at radius 3 is 2.80 bits per heavy atom. The van der Waals surface area contributed by atoms with Crippen LogP contribution in [-0.4, -0.2) is 39.7 Å². The normalized spacial score (nSPS) is 16.4. The molecule has 30 heavy (non-hydrogen) atoms. The molecule has 7 nitrogen and oxygen atoms in total. The second-order valence-electron chi connectivity index (χ2n) is 7.16. The van der Waals surface area contributed by atoms with Gasteiger partial charge in [-0.1, -0.05) is 42.5 Å². The van der Waals surface area contributed by atoms with Crippen molar-refractivity contribution in [1.29, 1.82) is 0 Å². The smallest absolute Gasteiger partial charge is 0.280 e. The maximum atomic E-state index is 12.9. The minimum atomic E-state index is -0.621. The molecule has 0 radical (unpaired) electrons. The van der Waals surface area contributed by atoms with Crippen LogP contribution in [0.1, 0.15) is 16.2 Å². The number of hydrogen-bond acceptors (Lipinski definition) is 5. The Kier molecular flexibility index (Phi) is 4.55. The average Bonchev–Trinajstić information content (AvgIpc) is 3.40. The topological polar surface area (TPSA) is 80.1 Å². The van der Waals surface area contributed by atoms with E-state index in [-0.39, 0.29) is 11.8 Å². The number of carbonyl (C=O) groups excluding carboxylic acids is 2. The molecule has 0 spiro atoms. The molecule has 3 heterocycles. The highest BCUT2D eigenvalue weighted by Crippen LogP contribution is 2.33. The molecule has 0 saturated heterocycles. The number of nitrogens with one attached hydrogen (secondary N) is 1. The standard InChI is InChI=1S/C22H19N5O2S/c1-26-18-10-12-23-27(18)13-11-17(22(26)29)24-20(28)21-25-16-9-5-8-15(19(16)30-21)14-6-3-2-4-7-14/h2-10,12,17H,11,13H2,1H3,(H,24,28). The van der Waals surface area contributed by atoms with Crippen molar-refractivity contribution in [1.82, 2.24) is 20.1 Å². The lowest BCUT2D eigenvalue weighted by Gasteiger charge is -2.19. The molecule has 1 aliphatic rings. The molecule has 4 aromatic rings. The Hall–Kier alpha value is -3.52.